The van der Waals surface area contributed by atoms with Crippen molar-refractivity contribution in [1.29, 1.82) is 0 Å². The van der Waals surface area contributed by atoms with E-state index in [2.05, 4.69) is 20.2 Å². The van der Waals surface area contributed by atoms with Gasteiger partial charge in [0, 0.05) is 33.6 Å². The number of nitrogens with zero attached hydrogens (tertiary/aromatic N) is 1. The number of aromatic amines is 1. The summed E-state index contributed by atoms with van der Waals surface area (Å²) in [7, 11) is 0. The molecule has 0 saturated carbocycles. The van der Waals surface area contributed by atoms with Gasteiger partial charge in [-0.2, -0.15) is 0 Å². The number of aryl methyl sites for hydroxylation is 1. The Kier molecular flexibility index (Phi) is 3.87. The number of nitrogens with one attached hydrogen (secondary N) is 2. The number of nitrogens with two attached hydrogens (primary N) is 1. The normalized spacial score (nSPS) is 10.6. The van der Waals surface area contributed by atoms with Crippen molar-refractivity contribution in [1.82, 2.24) is 9.97 Å². The zero-order valence-electron chi connectivity index (χ0n) is 12.6. The molecule has 0 aliphatic heterocycles. The van der Waals surface area contributed by atoms with Gasteiger partial charge in [-0.05, 0) is 47.7 Å². The molecule has 0 bridgehead atoms. The van der Waals surface area contributed by atoms with E-state index in [1.54, 1.807) is 24.4 Å². The van der Waals surface area contributed by atoms with Crippen LogP contribution in [0.5, 0.6) is 0 Å². The van der Waals surface area contributed by atoms with Crippen LogP contribution in [0.15, 0.2) is 41.5 Å². The monoisotopic (exact) mass is 328 g/mol. The average Bonchev–Trinajstić information content (AvgIpc) is 2.54. The lowest BCUT2D eigenvalue weighted by Crippen LogP contribution is -2.11. The van der Waals surface area contributed by atoms with Gasteiger partial charge in [0.25, 0.3) is 5.56 Å². The first kappa shape index (κ1) is 15.5. The van der Waals surface area contributed by atoms with Crippen LogP contribution in [0.2, 0.25) is 0 Å². The number of rotatable bonds is 2. The van der Waals surface area contributed by atoms with Crippen molar-refractivity contribution in [2.75, 3.05) is 11.1 Å². The number of fused-ring (bicyclic) bond motifs is 1. The minimum Gasteiger partial charge on any atom is -0.398 e. The van der Waals surface area contributed by atoms with E-state index < -0.39 is 6.09 Å². The third-order valence-corrected chi connectivity index (χ3v) is 3.63. The van der Waals surface area contributed by atoms with E-state index >= 15 is 0 Å². The number of aromatic nitrogens is 2. The summed E-state index contributed by atoms with van der Waals surface area (Å²) in [5.41, 5.74) is 8.17. The van der Waals surface area contributed by atoms with Crippen molar-refractivity contribution >= 4 is 28.4 Å². The molecule has 3 aromatic rings. The van der Waals surface area contributed by atoms with Gasteiger partial charge in [0.15, 0.2) is 0 Å². The van der Waals surface area contributed by atoms with Crippen LogP contribution in [0.25, 0.3) is 21.9 Å². The lowest BCUT2D eigenvalue weighted by molar-refractivity contribution is -0.0544. The minimum atomic E-state index is -1.28. The summed E-state index contributed by atoms with van der Waals surface area (Å²) in [6.07, 6.45) is 1.74. The number of amides is 1. The van der Waals surface area contributed by atoms with Crippen molar-refractivity contribution in [2.24, 2.45) is 0 Å². The van der Waals surface area contributed by atoms with E-state index in [1.807, 2.05) is 6.92 Å². The summed E-state index contributed by atoms with van der Waals surface area (Å²) in [5.74, 6) is 0.0976. The molecule has 7 nitrogen and oxygen atoms in total. The molecule has 3 rings (SSSR count). The van der Waals surface area contributed by atoms with Gasteiger partial charge in [-0.1, -0.05) is 0 Å². The second-order valence-electron chi connectivity index (χ2n) is 5.21. The summed E-state index contributed by atoms with van der Waals surface area (Å²) >= 11 is 0. The molecule has 4 N–H and O–H groups in total. The van der Waals surface area contributed by atoms with Crippen LogP contribution < -0.4 is 16.6 Å². The maximum Gasteiger partial charge on any atom is 0.450 e. The fraction of sp³-hybridized carbons (Fsp3) is 0.0625. The van der Waals surface area contributed by atoms with E-state index in [0.29, 0.717) is 27.6 Å². The van der Waals surface area contributed by atoms with Gasteiger partial charge in [-0.3, -0.25) is 10.1 Å². The maximum atomic E-state index is 12.1. The van der Waals surface area contributed by atoms with Crippen LogP contribution in [0, 0.1) is 6.92 Å². The second kappa shape index (κ2) is 5.99. The van der Waals surface area contributed by atoms with Gasteiger partial charge in [0.1, 0.15) is 5.82 Å². The largest absolute Gasteiger partial charge is 0.450 e. The van der Waals surface area contributed by atoms with Crippen LogP contribution >= 0.6 is 0 Å². The Morgan fingerprint density at radius 3 is 2.88 bits per heavy atom. The highest BCUT2D eigenvalue weighted by molar-refractivity contribution is 5.98. The quantitative estimate of drug-likeness (QED) is 0.627. The van der Waals surface area contributed by atoms with Crippen molar-refractivity contribution in [3.63, 3.8) is 0 Å². The van der Waals surface area contributed by atoms with Crippen LogP contribution in [0.3, 0.4) is 0 Å². The lowest BCUT2D eigenvalue weighted by Gasteiger charge is -2.10. The Bertz CT molecular complexity index is 1000. The van der Waals surface area contributed by atoms with Crippen molar-refractivity contribution in [3.05, 3.63) is 52.6 Å². The number of benzene rings is 1. The number of hydrogen-bond donors (Lipinski definition) is 3. The summed E-state index contributed by atoms with van der Waals surface area (Å²) in [4.78, 5) is 32.7. The molecule has 1 aromatic carbocycles. The number of carbonyl (C=O) groups is 1. The zero-order valence-corrected chi connectivity index (χ0v) is 12.6. The smallest absolute Gasteiger partial charge is 0.398 e. The van der Waals surface area contributed by atoms with Crippen molar-refractivity contribution < 1.29 is 14.3 Å². The predicted molar refractivity (Wildman–Crippen MR) is 88.2 cm³/mol. The summed E-state index contributed by atoms with van der Waals surface area (Å²) in [6.45, 7) is 1.82. The number of carbonyl (C=O) groups excluding carboxylic acids is 1. The average molecular weight is 328 g/mol. The highest BCUT2D eigenvalue weighted by Crippen LogP contribution is 2.30. The third-order valence-electron chi connectivity index (χ3n) is 3.63. The Hall–Kier alpha value is -3.42. The first-order valence-corrected chi connectivity index (χ1v) is 6.97. The number of halogens is 1. The van der Waals surface area contributed by atoms with Gasteiger partial charge >= 0.3 is 6.09 Å². The summed E-state index contributed by atoms with van der Waals surface area (Å²) in [5, 5.41) is 3.41. The molecule has 122 valence electrons. The van der Waals surface area contributed by atoms with Gasteiger partial charge in [0.2, 0.25) is 0 Å². The first-order valence-electron chi connectivity index (χ1n) is 6.97. The van der Waals surface area contributed by atoms with E-state index in [1.165, 1.54) is 12.3 Å². The molecule has 0 aliphatic carbocycles. The van der Waals surface area contributed by atoms with Gasteiger partial charge < -0.3 is 10.7 Å². The lowest BCUT2D eigenvalue weighted by atomic mass is 9.99. The van der Waals surface area contributed by atoms with Crippen LogP contribution in [0.1, 0.15) is 5.56 Å². The molecule has 0 fully saturated rings. The molecule has 0 aliphatic rings. The predicted octanol–water partition coefficient (Wildman–Crippen LogP) is 2.91. The van der Waals surface area contributed by atoms with Gasteiger partial charge in [-0.25, -0.2) is 14.7 Å². The SMILES string of the molecule is Cc1cc[nH]c(=O)c1-c1cc(N)c2cnc(NC(=O)OF)cc2c1. The molecule has 2 aromatic heterocycles. The fourth-order valence-electron chi connectivity index (χ4n) is 2.56. The number of hydrogen-bond acceptors (Lipinski definition) is 5. The molecule has 0 atom stereocenters. The highest BCUT2D eigenvalue weighted by atomic mass is 19.3. The Balaban J connectivity index is 2.17. The van der Waals surface area contributed by atoms with E-state index in [0.717, 1.165) is 5.56 Å². The number of nitrogen functional groups attached to an aromatic ring is 1. The molecule has 24 heavy (non-hydrogen) atoms. The van der Waals surface area contributed by atoms with E-state index in [4.69, 9.17) is 5.73 Å². The molecule has 0 spiro atoms. The second-order valence-corrected chi connectivity index (χ2v) is 5.21. The number of pyridine rings is 2. The topological polar surface area (TPSA) is 110 Å². The number of H-pyrrole nitrogens is 1. The standard InChI is InChI=1S/C16H13FN4O3/c1-8-2-3-19-15(22)14(8)10-4-9-6-13(21-16(23)24-17)20-7-11(9)12(18)5-10/h2-7H,18H2,1H3,(H,19,22)(H,20,21,23). The molecule has 8 heteroatoms. The molecular formula is C16H13FN4O3. The van der Waals surface area contributed by atoms with Crippen LogP contribution in [-0.2, 0) is 4.94 Å². The Labute approximate surface area is 135 Å². The molecule has 2 heterocycles. The Morgan fingerprint density at radius 2 is 2.17 bits per heavy atom. The first-order chi connectivity index (χ1) is 11.5. The summed E-state index contributed by atoms with van der Waals surface area (Å²) in [6, 6.07) is 6.73. The minimum absolute atomic E-state index is 0.0976. The van der Waals surface area contributed by atoms with Crippen LogP contribution in [0.4, 0.5) is 20.8 Å². The zero-order chi connectivity index (χ0) is 17.3. The third kappa shape index (κ3) is 2.76. The summed E-state index contributed by atoms with van der Waals surface area (Å²) < 4.78 is 11.8. The molecule has 1 amide bonds. The van der Waals surface area contributed by atoms with Crippen LogP contribution in [-0.4, -0.2) is 16.1 Å². The highest BCUT2D eigenvalue weighted by Gasteiger charge is 2.11. The van der Waals surface area contributed by atoms with E-state index in [9.17, 15) is 14.1 Å². The van der Waals surface area contributed by atoms with Crippen molar-refractivity contribution in [2.45, 2.75) is 6.92 Å². The van der Waals surface area contributed by atoms with E-state index in [-0.39, 0.29) is 11.4 Å². The maximum absolute atomic E-state index is 12.1. The van der Waals surface area contributed by atoms with Crippen molar-refractivity contribution in [3.8, 4) is 11.1 Å². The van der Waals surface area contributed by atoms with Gasteiger partial charge in [0.05, 0.1) is 0 Å². The number of anilines is 2. The Morgan fingerprint density at radius 1 is 1.38 bits per heavy atom. The molecular weight excluding hydrogens is 315 g/mol. The molecule has 0 saturated heterocycles. The fourth-order valence-corrected chi connectivity index (χ4v) is 2.56. The molecule has 0 unspecified atom stereocenters. The van der Waals surface area contributed by atoms with Gasteiger partial charge in [-0.15, -0.1) is 0 Å². The molecule has 0 radical (unpaired) electrons.